The Morgan fingerprint density at radius 1 is 1.35 bits per heavy atom. The van der Waals surface area contributed by atoms with Crippen LogP contribution in [0, 0.1) is 11.8 Å². The van der Waals surface area contributed by atoms with Crippen LogP contribution in [0.3, 0.4) is 0 Å². The van der Waals surface area contributed by atoms with Gasteiger partial charge in [-0.2, -0.15) is 0 Å². The van der Waals surface area contributed by atoms with Crippen molar-refractivity contribution >= 4 is 0 Å². The minimum Gasteiger partial charge on any atom is -0.316 e. The van der Waals surface area contributed by atoms with Crippen molar-refractivity contribution in [2.24, 2.45) is 11.8 Å². The van der Waals surface area contributed by atoms with E-state index in [-0.39, 0.29) is 0 Å². The third-order valence-electron chi connectivity index (χ3n) is 4.05. The molecule has 0 radical (unpaired) electrons. The molecule has 1 N–H and O–H groups in total. The normalized spacial score (nSPS) is 27.4. The molecule has 0 amide bonds. The molecule has 0 aromatic carbocycles. The second kappa shape index (κ2) is 8.10. The Bertz CT molecular complexity index is 193. The molecule has 1 aliphatic carbocycles. The van der Waals surface area contributed by atoms with Crippen molar-refractivity contribution < 1.29 is 0 Å². The molecule has 1 fully saturated rings. The Morgan fingerprint density at radius 2 is 2.12 bits per heavy atom. The van der Waals surface area contributed by atoms with Gasteiger partial charge < -0.3 is 10.2 Å². The quantitative estimate of drug-likeness (QED) is 0.688. The van der Waals surface area contributed by atoms with Gasteiger partial charge >= 0.3 is 0 Å². The van der Waals surface area contributed by atoms with Crippen LogP contribution in [0.5, 0.6) is 0 Å². The molecule has 0 aliphatic heterocycles. The van der Waals surface area contributed by atoms with Gasteiger partial charge in [0.05, 0.1) is 0 Å². The molecule has 0 spiro atoms. The number of nitrogens with one attached hydrogen (secondary N) is 1. The third kappa shape index (κ3) is 5.87. The van der Waals surface area contributed by atoms with Crippen LogP contribution in [-0.4, -0.2) is 37.6 Å². The maximum absolute atomic E-state index is 3.53. The molecule has 3 atom stereocenters. The first kappa shape index (κ1) is 15.0. The maximum atomic E-state index is 3.53. The highest BCUT2D eigenvalue weighted by atomic mass is 15.1. The van der Waals surface area contributed by atoms with Crippen LogP contribution in [0.4, 0.5) is 0 Å². The van der Waals surface area contributed by atoms with E-state index in [1.54, 1.807) is 0 Å². The topological polar surface area (TPSA) is 15.3 Å². The maximum Gasteiger partial charge on any atom is 0.00948 e. The predicted molar refractivity (Wildman–Crippen MR) is 76.4 cm³/mol. The van der Waals surface area contributed by atoms with Gasteiger partial charge in [-0.05, 0) is 51.2 Å². The van der Waals surface area contributed by atoms with E-state index in [0.717, 1.165) is 24.4 Å². The van der Waals surface area contributed by atoms with Gasteiger partial charge in [0.1, 0.15) is 0 Å². The number of nitrogens with zero attached hydrogens (tertiary/aromatic N) is 1. The first-order chi connectivity index (χ1) is 8.13. The van der Waals surface area contributed by atoms with Crippen molar-refractivity contribution in [2.75, 3.05) is 26.7 Å². The van der Waals surface area contributed by atoms with Crippen molar-refractivity contribution in [2.45, 2.75) is 58.9 Å². The molecule has 0 aromatic rings. The smallest absolute Gasteiger partial charge is 0.00948 e. The summed E-state index contributed by atoms with van der Waals surface area (Å²) in [6.07, 6.45) is 6.93. The fourth-order valence-electron chi connectivity index (χ4n) is 3.03. The van der Waals surface area contributed by atoms with E-state index in [9.17, 15) is 0 Å². The summed E-state index contributed by atoms with van der Waals surface area (Å²) >= 11 is 0. The summed E-state index contributed by atoms with van der Waals surface area (Å²) in [7, 11) is 2.32. The van der Waals surface area contributed by atoms with Crippen molar-refractivity contribution in [3.8, 4) is 0 Å². The van der Waals surface area contributed by atoms with Gasteiger partial charge in [-0.15, -0.1) is 0 Å². The first-order valence-corrected chi connectivity index (χ1v) is 7.54. The highest BCUT2D eigenvalue weighted by molar-refractivity contribution is 4.78. The minimum atomic E-state index is 0.767. The molecule has 1 saturated carbocycles. The van der Waals surface area contributed by atoms with E-state index in [1.807, 2.05) is 0 Å². The lowest BCUT2D eigenvalue weighted by Crippen LogP contribution is -2.40. The van der Waals surface area contributed by atoms with Crippen LogP contribution in [0.25, 0.3) is 0 Å². The lowest BCUT2D eigenvalue weighted by atomic mass is 9.86. The standard InChI is InChI=1S/C15H32N2/c1-5-9-16-11-14(3)12-17(4)15-8-6-7-13(2)10-15/h13-16H,5-12H2,1-4H3. The SMILES string of the molecule is CCCNCC(C)CN(C)C1CCCC(C)C1. The summed E-state index contributed by atoms with van der Waals surface area (Å²) in [5.74, 6) is 1.70. The molecule has 17 heavy (non-hydrogen) atoms. The Balaban J connectivity index is 2.20. The van der Waals surface area contributed by atoms with Crippen LogP contribution in [-0.2, 0) is 0 Å². The highest BCUT2D eigenvalue weighted by Crippen LogP contribution is 2.26. The molecule has 2 heteroatoms. The van der Waals surface area contributed by atoms with E-state index < -0.39 is 0 Å². The lowest BCUT2D eigenvalue weighted by molar-refractivity contribution is 0.146. The summed E-state index contributed by atoms with van der Waals surface area (Å²) < 4.78 is 0. The van der Waals surface area contributed by atoms with Crippen LogP contribution in [0.2, 0.25) is 0 Å². The van der Waals surface area contributed by atoms with Crippen molar-refractivity contribution in [3.63, 3.8) is 0 Å². The van der Waals surface area contributed by atoms with Crippen LogP contribution in [0.1, 0.15) is 52.9 Å². The van der Waals surface area contributed by atoms with Crippen LogP contribution < -0.4 is 5.32 Å². The molecule has 0 saturated heterocycles. The van der Waals surface area contributed by atoms with Gasteiger partial charge in [-0.1, -0.05) is 33.6 Å². The summed E-state index contributed by atoms with van der Waals surface area (Å²) in [5, 5.41) is 3.53. The van der Waals surface area contributed by atoms with Gasteiger partial charge in [0.15, 0.2) is 0 Å². The number of hydrogen-bond donors (Lipinski definition) is 1. The van der Waals surface area contributed by atoms with E-state index >= 15 is 0 Å². The Kier molecular flexibility index (Phi) is 7.14. The summed E-state index contributed by atoms with van der Waals surface area (Å²) in [6, 6.07) is 0.840. The predicted octanol–water partition coefficient (Wildman–Crippen LogP) is 3.13. The zero-order chi connectivity index (χ0) is 12.7. The molecule has 1 aliphatic rings. The third-order valence-corrected chi connectivity index (χ3v) is 4.05. The average Bonchev–Trinajstić information content (AvgIpc) is 2.29. The summed E-state index contributed by atoms with van der Waals surface area (Å²) in [5.41, 5.74) is 0. The van der Waals surface area contributed by atoms with Crippen LogP contribution >= 0.6 is 0 Å². The van der Waals surface area contributed by atoms with Crippen molar-refractivity contribution in [3.05, 3.63) is 0 Å². The fourth-order valence-corrected chi connectivity index (χ4v) is 3.03. The van der Waals surface area contributed by atoms with E-state index in [2.05, 4.69) is 38.0 Å². The largest absolute Gasteiger partial charge is 0.316 e. The lowest BCUT2D eigenvalue weighted by Gasteiger charge is -2.35. The second-order valence-corrected chi connectivity index (χ2v) is 6.17. The molecule has 0 heterocycles. The Labute approximate surface area is 108 Å². The van der Waals surface area contributed by atoms with Gasteiger partial charge in [-0.25, -0.2) is 0 Å². The molecular weight excluding hydrogens is 208 g/mol. The zero-order valence-corrected chi connectivity index (χ0v) is 12.3. The Hall–Kier alpha value is -0.0800. The molecule has 0 bridgehead atoms. The molecule has 102 valence electrons. The van der Waals surface area contributed by atoms with Gasteiger partial charge in [-0.3, -0.25) is 0 Å². The van der Waals surface area contributed by atoms with Gasteiger partial charge in [0.2, 0.25) is 0 Å². The second-order valence-electron chi connectivity index (χ2n) is 6.17. The molecule has 3 unspecified atom stereocenters. The van der Waals surface area contributed by atoms with E-state index in [1.165, 1.54) is 45.2 Å². The highest BCUT2D eigenvalue weighted by Gasteiger charge is 2.22. The summed E-state index contributed by atoms with van der Waals surface area (Å²) in [4.78, 5) is 2.61. The minimum absolute atomic E-state index is 0.767. The zero-order valence-electron chi connectivity index (χ0n) is 12.3. The fraction of sp³-hybridized carbons (Fsp3) is 1.00. The molecule has 1 rings (SSSR count). The van der Waals surface area contributed by atoms with Gasteiger partial charge in [0, 0.05) is 12.6 Å². The average molecular weight is 240 g/mol. The molecular formula is C15H32N2. The van der Waals surface area contributed by atoms with E-state index in [0.29, 0.717) is 0 Å². The molecule has 2 nitrogen and oxygen atoms in total. The Morgan fingerprint density at radius 3 is 2.76 bits per heavy atom. The summed E-state index contributed by atoms with van der Waals surface area (Å²) in [6.45, 7) is 10.6. The van der Waals surface area contributed by atoms with Crippen molar-refractivity contribution in [1.82, 2.24) is 10.2 Å². The van der Waals surface area contributed by atoms with Gasteiger partial charge in [0.25, 0.3) is 0 Å². The number of hydrogen-bond acceptors (Lipinski definition) is 2. The van der Waals surface area contributed by atoms with E-state index in [4.69, 9.17) is 0 Å². The number of rotatable bonds is 7. The first-order valence-electron chi connectivity index (χ1n) is 7.54. The van der Waals surface area contributed by atoms with Crippen LogP contribution in [0.15, 0.2) is 0 Å². The molecule has 0 aromatic heterocycles. The monoisotopic (exact) mass is 240 g/mol. The van der Waals surface area contributed by atoms with Crippen molar-refractivity contribution in [1.29, 1.82) is 0 Å².